The highest BCUT2D eigenvalue weighted by Gasteiger charge is 2.17. The van der Waals surface area contributed by atoms with Crippen molar-refractivity contribution in [3.8, 4) is 0 Å². The molecule has 0 aliphatic heterocycles. The van der Waals surface area contributed by atoms with Gasteiger partial charge in [0.05, 0.1) is 6.61 Å². The molecule has 0 spiro atoms. The first kappa shape index (κ1) is 15.6. The number of nitrogens with zero attached hydrogens (tertiary/aromatic N) is 1. The smallest absolute Gasteiger partial charge is 0.270 e. The second-order valence-electron chi connectivity index (χ2n) is 5.52. The molecule has 0 radical (unpaired) electrons. The number of aliphatic hydroxyl groups excluding tert-OH is 1. The standard InChI is InChI=1S/C17H24N2O2/c1-4-5-8-19(9-10-20)17(21)16-11-14-13(3)12(2)6-7-15(14)18-16/h6-7,11,18,20H,4-5,8-10H2,1-3H3. The van der Waals surface area contributed by atoms with Crippen molar-refractivity contribution in [2.75, 3.05) is 19.7 Å². The van der Waals surface area contributed by atoms with E-state index < -0.39 is 0 Å². The number of aromatic amines is 1. The molecule has 2 rings (SSSR count). The second-order valence-corrected chi connectivity index (χ2v) is 5.52. The Balaban J connectivity index is 2.31. The van der Waals surface area contributed by atoms with Crippen molar-refractivity contribution in [2.45, 2.75) is 33.6 Å². The van der Waals surface area contributed by atoms with Crippen LogP contribution in [0.4, 0.5) is 0 Å². The van der Waals surface area contributed by atoms with Gasteiger partial charge in [-0.1, -0.05) is 19.4 Å². The molecule has 0 bridgehead atoms. The number of carbonyl (C=O) groups excluding carboxylic acids is 1. The topological polar surface area (TPSA) is 56.3 Å². The summed E-state index contributed by atoms with van der Waals surface area (Å²) in [6.45, 7) is 7.30. The molecular formula is C17H24N2O2. The van der Waals surface area contributed by atoms with Gasteiger partial charge in [-0.05, 0) is 43.5 Å². The monoisotopic (exact) mass is 288 g/mol. The molecule has 4 heteroatoms. The summed E-state index contributed by atoms with van der Waals surface area (Å²) in [7, 11) is 0. The van der Waals surface area contributed by atoms with Gasteiger partial charge in [0.2, 0.25) is 0 Å². The summed E-state index contributed by atoms with van der Waals surface area (Å²) in [5.74, 6) is -0.0363. The lowest BCUT2D eigenvalue weighted by atomic mass is 10.1. The van der Waals surface area contributed by atoms with E-state index in [-0.39, 0.29) is 12.5 Å². The lowest BCUT2D eigenvalue weighted by molar-refractivity contribution is 0.0714. The maximum absolute atomic E-state index is 12.6. The van der Waals surface area contributed by atoms with Crippen LogP contribution in [0.1, 0.15) is 41.4 Å². The molecule has 0 saturated heterocycles. The van der Waals surface area contributed by atoms with E-state index in [9.17, 15) is 4.79 Å². The fraction of sp³-hybridized carbons (Fsp3) is 0.471. The number of nitrogens with one attached hydrogen (secondary N) is 1. The minimum atomic E-state index is -0.0363. The van der Waals surface area contributed by atoms with Crippen LogP contribution in [0.5, 0.6) is 0 Å². The molecule has 1 aromatic carbocycles. The number of H-pyrrole nitrogens is 1. The van der Waals surface area contributed by atoms with Crippen LogP contribution in [0.25, 0.3) is 10.9 Å². The molecule has 21 heavy (non-hydrogen) atoms. The molecule has 4 nitrogen and oxygen atoms in total. The number of hydrogen-bond acceptors (Lipinski definition) is 2. The summed E-state index contributed by atoms with van der Waals surface area (Å²) >= 11 is 0. The Morgan fingerprint density at radius 3 is 2.71 bits per heavy atom. The van der Waals surface area contributed by atoms with Crippen molar-refractivity contribution in [1.29, 1.82) is 0 Å². The van der Waals surface area contributed by atoms with Crippen molar-refractivity contribution in [2.24, 2.45) is 0 Å². The number of aliphatic hydroxyl groups is 1. The number of amides is 1. The Morgan fingerprint density at radius 1 is 1.29 bits per heavy atom. The predicted octanol–water partition coefficient (Wildman–Crippen LogP) is 3.02. The summed E-state index contributed by atoms with van der Waals surface area (Å²) in [6, 6.07) is 6.00. The van der Waals surface area contributed by atoms with Crippen molar-refractivity contribution < 1.29 is 9.90 Å². The molecule has 0 unspecified atom stereocenters. The number of rotatable bonds is 6. The van der Waals surface area contributed by atoms with Gasteiger partial charge < -0.3 is 15.0 Å². The van der Waals surface area contributed by atoms with Gasteiger partial charge in [-0.3, -0.25) is 4.79 Å². The van der Waals surface area contributed by atoms with Crippen LogP contribution >= 0.6 is 0 Å². The lowest BCUT2D eigenvalue weighted by Crippen LogP contribution is -2.34. The maximum Gasteiger partial charge on any atom is 0.270 e. The average molecular weight is 288 g/mol. The minimum absolute atomic E-state index is 0.00613. The van der Waals surface area contributed by atoms with Crippen molar-refractivity contribution in [3.05, 3.63) is 35.0 Å². The number of aryl methyl sites for hydroxylation is 2. The highest BCUT2D eigenvalue weighted by atomic mass is 16.3. The predicted molar refractivity (Wildman–Crippen MR) is 85.7 cm³/mol. The number of unbranched alkanes of at least 4 members (excludes halogenated alkanes) is 1. The summed E-state index contributed by atoms with van der Waals surface area (Å²) < 4.78 is 0. The molecular weight excluding hydrogens is 264 g/mol. The molecule has 1 aromatic heterocycles. The fourth-order valence-electron chi connectivity index (χ4n) is 2.53. The Morgan fingerprint density at radius 2 is 2.05 bits per heavy atom. The summed E-state index contributed by atoms with van der Waals surface area (Å²) in [5.41, 5.74) is 4.01. The molecule has 0 fully saturated rings. The summed E-state index contributed by atoms with van der Waals surface area (Å²) in [5, 5.41) is 10.2. The SMILES string of the molecule is CCCCN(CCO)C(=O)c1cc2c(C)c(C)ccc2[nH]1. The van der Waals surface area contributed by atoms with E-state index in [1.165, 1.54) is 11.1 Å². The van der Waals surface area contributed by atoms with Crippen LogP contribution < -0.4 is 0 Å². The molecule has 0 aliphatic carbocycles. The van der Waals surface area contributed by atoms with Crippen LogP contribution in [-0.2, 0) is 0 Å². The van der Waals surface area contributed by atoms with E-state index in [4.69, 9.17) is 5.11 Å². The second kappa shape index (κ2) is 6.76. The van der Waals surface area contributed by atoms with Crippen LogP contribution in [0.2, 0.25) is 0 Å². The highest BCUT2D eigenvalue weighted by molar-refractivity contribution is 5.99. The summed E-state index contributed by atoms with van der Waals surface area (Å²) in [4.78, 5) is 17.5. The third kappa shape index (κ3) is 3.27. The zero-order valence-corrected chi connectivity index (χ0v) is 13.1. The Kier molecular flexibility index (Phi) is 5.02. The van der Waals surface area contributed by atoms with Crippen molar-refractivity contribution >= 4 is 16.8 Å². The van der Waals surface area contributed by atoms with Crippen LogP contribution in [-0.4, -0.2) is 40.6 Å². The highest BCUT2D eigenvalue weighted by Crippen LogP contribution is 2.23. The van der Waals surface area contributed by atoms with Crippen LogP contribution in [0.15, 0.2) is 18.2 Å². The molecule has 2 N–H and O–H groups in total. The van der Waals surface area contributed by atoms with Gasteiger partial charge in [0.1, 0.15) is 5.69 Å². The third-order valence-electron chi connectivity index (χ3n) is 4.01. The zero-order valence-electron chi connectivity index (χ0n) is 13.1. The van der Waals surface area contributed by atoms with Gasteiger partial charge in [0, 0.05) is 24.0 Å². The van der Waals surface area contributed by atoms with Gasteiger partial charge in [-0.25, -0.2) is 0 Å². The van der Waals surface area contributed by atoms with E-state index in [2.05, 4.69) is 31.8 Å². The van der Waals surface area contributed by atoms with E-state index in [1.807, 2.05) is 12.1 Å². The average Bonchev–Trinajstić information content (AvgIpc) is 2.91. The number of hydrogen-bond donors (Lipinski definition) is 2. The van der Waals surface area contributed by atoms with Gasteiger partial charge >= 0.3 is 0 Å². The Hall–Kier alpha value is -1.81. The molecule has 1 amide bonds. The van der Waals surface area contributed by atoms with Gasteiger partial charge in [-0.2, -0.15) is 0 Å². The van der Waals surface area contributed by atoms with Crippen molar-refractivity contribution in [3.63, 3.8) is 0 Å². The molecule has 0 atom stereocenters. The first-order chi connectivity index (χ1) is 10.1. The summed E-state index contributed by atoms with van der Waals surface area (Å²) in [6.07, 6.45) is 1.98. The van der Waals surface area contributed by atoms with Crippen LogP contribution in [0.3, 0.4) is 0 Å². The Bertz CT molecular complexity index is 631. The van der Waals surface area contributed by atoms with E-state index >= 15 is 0 Å². The molecule has 0 saturated carbocycles. The van der Waals surface area contributed by atoms with Gasteiger partial charge in [0.25, 0.3) is 5.91 Å². The zero-order chi connectivity index (χ0) is 15.4. The number of benzene rings is 1. The third-order valence-corrected chi connectivity index (χ3v) is 4.01. The number of aromatic nitrogens is 1. The van der Waals surface area contributed by atoms with E-state index in [0.717, 1.165) is 23.7 Å². The molecule has 114 valence electrons. The number of fused-ring (bicyclic) bond motifs is 1. The van der Waals surface area contributed by atoms with Crippen LogP contribution in [0, 0.1) is 13.8 Å². The molecule has 0 aliphatic rings. The quantitative estimate of drug-likeness (QED) is 0.858. The minimum Gasteiger partial charge on any atom is -0.395 e. The molecule has 2 aromatic rings. The van der Waals surface area contributed by atoms with Gasteiger partial charge in [-0.15, -0.1) is 0 Å². The number of carbonyl (C=O) groups is 1. The lowest BCUT2D eigenvalue weighted by Gasteiger charge is -2.20. The fourth-order valence-corrected chi connectivity index (χ4v) is 2.53. The largest absolute Gasteiger partial charge is 0.395 e. The molecule has 1 heterocycles. The first-order valence-corrected chi connectivity index (χ1v) is 7.57. The van der Waals surface area contributed by atoms with E-state index in [1.54, 1.807) is 4.90 Å². The Labute approximate surface area is 125 Å². The first-order valence-electron chi connectivity index (χ1n) is 7.57. The van der Waals surface area contributed by atoms with Gasteiger partial charge in [0.15, 0.2) is 0 Å². The normalized spacial score (nSPS) is 11.0. The maximum atomic E-state index is 12.6. The van der Waals surface area contributed by atoms with Crippen molar-refractivity contribution in [1.82, 2.24) is 9.88 Å². The van der Waals surface area contributed by atoms with E-state index in [0.29, 0.717) is 18.8 Å².